The lowest BCUT2D eigenvalue weighted by molar-refractivity contribution is 0.415. The van der Waals surface area contributed by atoms with Gasteiger partial charge >= 0.3 is 0 Å². The van der Waals surface area contributed by atoms with E-state index in [4.69, 9.17) is 9.84 Å². The second kappa shape index (κ2) is 10.5. The summed E-state index contributed by atoms with van der Waals surface area (Å²) in [4.78, 5) is 4.62. The fourth-order valence-electron chi connectivity index (χ4n) is 3.53. The molecule has 0 aliphatic heterocycles. The van der Waals surface area contributed by atoms with Crippen LogP contribution in [0.25, 0.3) is 22.4 Å². The van der Waals surface area contributed by atoms with Gasteiger partial charge in [-0.3, -0.25) is 4.68 Å². The molecular formula is C25H27N5O3S. The molecule has 0 unspecified atom stereocenters. The molecule has 4 rings (SSSR count). The monoisotopic (exact) mass is 477 g/mol. The third kappa shape index (κ3) is 5.44. The molecule has 0 radical (unpaired) electrons. The van der Waals surface area contributed by atoms with Gasteiger partial charge in [-0.25, -0.2) is 18.1 Å². The molecule has 0 amide bonds. The van der Waals surface area contributed by atoms with Gasteiger partial charge in [0.25, 0.3) is 0 Å². The van der Waals surface area contributed by atoms with E-state index in [0.717, 1.165) is 34.7 Å². The van der Waals surface area contributed by atoms with Crippen molar-refractivity contribution < 1.29 is 13.2 Å². The highest BCUT2D eigenvalue weighted by Crippen LogP contribution is 2.33. The Morgan fingerprint density at radius 3 is 2.56 bits per heavy atom. The number of methoxy groups -OCH3 is 1. The summed E-state index contributed by atoms with van der Waals surface area (Å²) in [6.45, 7) is 3.41. The van der Waals surface area contributed by atoms with Crippen LogP contribution in [0, 0.1) is 0 Å². The lowest BCUT2D eigenvalue weighted by atomic mass is 10.0. The van der Waals surface area contributed by atoms with Gasteiger partial charge in [-0.1, -0.05) is 30.3 Å². The molecular weight excluding hydrogens is 450 g/mol. The van der Waals surface area contributed by atoms with Crippen LogP contribution in [0.15, 0.2) is 84.0 Å². The smallest absolute Gasteiger partial charge is 0.240 e. The number of nitrogens with zero attached hydrogens (tertiary/aromatic N) is 3. The van der Waals surface area contributed by atoms with E-state index in [1.54, 1.807) is 43.6 Å². The lowest BCUT2D eigenvalue weighted by Gasteiger charge is -2.10. The SMILES string of the molecule is CCn1cc(-c2ccnc(NCCNS(=O)(=O)c3ccccc3)c2)c(-c2cccc(OC)c2)n1. The van der Waals surface area contributed by atoms with Crippen LogP contribution in [-0.4, -0.2) is 43.4 Å². The largest absolute Gasteiger partial charge is 0.497 e. The number of sulfonamides is 1. The predicted octanol–water partition coefficient (Wildman–Crippen LogP) is 4.03. The number of hydrogen-bond donors (Lipinski definition) is 2. The minimum absolute atomic E-state index is 0.228. The van der Waals surface area contributed by atoms with Crippen molar-refractivity contribution in [3.8, 4) is 28.1 Å². The summed E-state index contributed by atoms with van der Waals surface area (Å²) in [6, 6.07) is 20.0. The van der Waals surface area contributed by atoms with Crippen molar-refractivity contribution in [2.24, 2.45) is 0 Å². The zero-order chi connectivity index (χ0) is 24.0. The van der Waals surface area contributed by atoms with Crippen molar-refractivity contribution in [3.63, 3.8) is 0 Å². The quantitative estimate of drug-likeness (QED) is 0.335. The van der Waals surface area contributed by atoms with Gasteiger partial charge in [0.2, 0.25) is 10.0 Å². The number of benzene rings is 2. The van der Waals surface area contributed by atoms with Gasteiger partial charge in [0.1, 0.15) is 17.3 Å². The van der Waals surface area contributed by atoms with Crippen molar-refractivity contribution in [2.75, 3.05) is 25.5 Å². The Balaban J connectivity index is 1.49. The van der Waals surface area contributed by atoms with E-state index in [0.29, 0.717) is 12.4 Å². The number of pyridine rings is 1. The highest BCUT2D eigenvalue weighted by Gasteiger charge is 2.15. The van der Waals surface area contributed by atoms with Gasteiger partial charge in [0, 0.05) is 43.2 Å². The molecule has 0 spiro atoms. The number of hydrogen-bond acceptors (Lipinski definition) is 6. The molecule has 2 aromatic heterocycles. The maximum atomic E-state index is 12.4. The molecule has 0 fully saturated rings. The Morgan fingerprint density at radius 2 is 1.79 bits per heavy atom. The summed E-state index contributed by atoms with van der Waals surface area (Å²) in [5, 5.41) is 7.95. The third-order valence-corrected chi connectivity index (χ3v) is 6.75. The number of anilines is 1. The minimum Gasteiger partial charge on any atom is -0.497 e. The Hall–Kier alpha value is -3.69. The summed E-state index contributed by atoms with van der Waals surface area (Å²) in [7, 11) is -1.90. The van der Waals surface area contributed by atoms with Crippen molar-refractivity contribution >= 4 is 15.8 Å². The number of nitrogens with one attached hydrogen (secondary N) is 2. The molecule has 9 heteroatoms. The number of aryl methyl sites for hydroxylation is 1. The molecule has 0 saturated heterocycles. The second-order valence-electron chi connectivity index (χ2n) is 7.55. The van der Waals surface area contributed by atoms with Crippen LogP contribution in [0.5, 0.6) is 5.75 Å². The molecule has 0 aliphatic rings. The molecule has 0 aliphatic carbocycles. The fraction of sp³-hybridized carbons (Fsp3) is 0.200. The van der Waals surface area contributed by atoms with E-state index in [1.165, 1.54) is 0 Å². The molecule has 8 nitrogen and oxygen atoms in total. The maximum Gasteiger partial charge on any atom is 0.240 e. The first-order valence-electron chi connectivity index (χ1n) is 11.0. The zero-order valence-corrected chi connectivity index (χ0v) is 19.9. The van der Waals surface area contributed by atoms with E-state index in [9.17, 15) is 8.42 Å². The van der Waals surface area contributed by atoms with Crippen LogP contribution in [0.3, 0.4) is 0 Å². The summed E-state index contributed by atoms with van der Waals surface area (Å²) < 4.78 is 34.6. The standard InChI is InChI=1S/C25H27N5O3S/c1-3-30-18-23(25(29-30)20-8-7-9-21(16-20)33-2)19-12-13-26-24(17-19)27-14-15-28-34(31,32)22-10-5-4-6-11-22/h4-13,16-18,28H,3,14-15H2,1-2H3,(H,26,27). The van der Waals surface area contributed by atoms with Gasteiger partial charge < -0.3 is 10.1 Å². The normalized spacial score (nSPS) is 11.4. The first-order valence-corrected chi connectivity index (χ1v) is 12.5. The molecule has 0 atom stereocenters. The van der Waals surface area contributed by atoms with Crippen LogP contribution in [-0.2, 0) is 16.6 Å². The summed E-state index contributed by atoms with van der Waals surface area (Å²) in [5.74, 6) is 1.42. The number of aromatic nitrogens is 3. The van der Waals surface area contributed by atoms with E-state index >= 15 is 0 Å². The number of rotatable bonds is 10. The van der Waals surface area contributed by atoms with Gasteiger partial charge in [-0.05, 0) is 48.9 Å². The topological polar surface area (TPSA) is 98.1 Å². The molecule has 0 bridgehead atoms. The predicted molar refractivity (Wildman–Crippen MR) is 133 cm³/mol. The van der Waals surface area contributed by atoms with Gasteiger partial charge in [0.05, 0.1) is 12.0 Å². The Labute approximate surface area is 199 Å². The zero-order valence-electron chi connectivity index (χ0n) is 19.1. The average Bonchev–Trinajstić information content (AvgIpc) is 3.32. The second-order valence-corrected chi connectivity index (χ2v) is 9.31. The van der Waals surface area contributed by atoms with E-state index in [2.05, 4.69) is 15.0 Å². The average molecular weight is 478 g/mol. The molecule has 4 aromatic rings. The first kappa shape index (κ1) is 23.5. The van der Waals surface area contributed by atoms with Gasteiger partial charge in [-0.2, -0.15) is 5.10 Å². The fourth-order valence-corrected chi connectivity index (χ4v) is 4.58. The molecule has 2 aromatic carbocycles. The van der Waals surface area contributed by atoms with Gasteiger partial charge in [-0.15, -0.1) is 0 Å². The van der Waals surface area contributed by atoms with Crippen molar-refractivity contribution in [3.05, 3.63) is 79.1 Å². The van der Waals surface area contributed by atoms with E-state index in [1.807, 2.05) is 54.2 Å². The molecule has 2 N–H and O–H groups in total. The van der Waals surface area contributed by atoms with Gasteiger partial charge in [0.15, 0.2) is 0 Å². The van der Waals surface area contributed by atoms with Crippen molar-refractivity contribution in [1.29, 1.82) is 0 Å². The van der Waals surface area contributed by atoms with E-state index in [-0.39, 0.29) is 11.4 Å². The summed E-state index contributed by atoms with van der Waals surface area (Å²) in [5.41, 5.74) is 3.75. The Kier molecular flexibility index (Phi) is 7.24. The van der Waals surface area contributed by atoms with E-state index < -0.39 is 10.0 Å². The lowest BCUT2D eigenvalue weighted by Crippen LogP contribution is -2.29. The first-order chi connectivity index (χ1) is 16.5. The van der Waals surface area contributed by atoms with Crippen LogP contribution in [0.4, 0.5) is 5.82 Å². The Morgan fingerprint density at radius 1 is 0.971 bits per heavy atom. The minimum atomic E-state index is -3.54. The summed E-state index contributed by atoms with van der Waals surface area (Å²) >= 11 is 0. The van der Waals surface area contributed by atoms with Crippen LogP contribution in [0.2, 0.25) is 0 Å². The maximum absolute atomic E-state index is 12.4. The molecule has 34 heavy (non-hydrogen) atoms. The molecule has 2 heterocycles. The molecule has 0 saturated carbocycles. The van der Waals surface area contributed by atoms with Crippen LogP contribution < -0.4 is 14.8 Å². The Bertz CT molecular complexity index is 1350. The highest BCUT2D eigenvalue weighted by molar-refractivity contribution is 7.89. The van der Waals surface area contributed by atoms with Crippen LogP contribution >= 0.6 is 0 Å². The third-order valence-electron chi connectivity index (χ3n) is 5.28. The van der Waals surface area contributed by atoms with Crippen molar-refractivity contribution in [1.82, 2.24) is 19.5 Å². The number of ether oxygens (including phenoxy) is 1. The van der Waals surface area contributed by atoms with Crippen LogP contribution in [0.1, 0.15) is 6.92 Å². The molecule has 176 valence electrons. The highest BCUT2D eigenvalue weighted by atomic mass is 32.2. The summed E-state index contributed by atoms with van der Waals surface area (Å²) in [6.07, 6.45) is 3.74. The van der Waals surface area contributed by atoms with Crippen molar-refractivity contribution in [2.45, 2.75) is 18.4 Å².